The predicted octanol–water partition coefficient (Wildman–Crippen LogP) is 4.31. The van der Waals surface area contributed by atoms with Crippen molar-refractivity contribution in [3.63, 3.8) is 0 Å². The van der Waals surface area contributed by atoms with Crippen LogP contribution in [0.4, 0.5) is 0 Å². The number of nitrogens with one attached hydrogen (secondary N) is 1. The Kier molecular flexibility index (Phi) is 6.16. The van der Waals surface area contributed by atoms with Gasteiger partial charge in [-0.2, -0.15) is 0 Å². The number of methoxy groups -OCH3 is 1. The molecule has 1 saturated carbocycles. The molecule has 0 saturated heterocycles. The molecule has 2 aromatic rings. The molecular weight excluding hydrogens is 326 g/mol. The van der Waals surface area contributed by atoms with Gasteiger partial charge in [0.1, 0.15) is 11.5 Å². The molecule has 0 spiro atoms. The molecule has 26 heavy (non-hydrogen) atoms. The number of carbonyl (C=O) groups excluding carboxylic acids is 1. The molecule has 0 bridgehead atoms. The Labute approximate surface area is 155 Å². The van der Waals surface area contributed by atoms with Gasteiger partial charge in [-0.3, -0.25) is 4.79 Å². The number of carbonyl (C=O) groups is 1. The number of amides is 1. The SMILES string of the molecule is COc1ccc(OC(C)C(=O)NC2CCC(c3ccccc3)CC2)cc1. The third-order valence-corrected chi connectivity index (χ3v) is 5.09. The first-order chi connectivity index (χ1) is 12.7. The molecule has 0 heterocycles. The smallest absolute Gasteiger partial charge is 0.260 e. The lowest BCUT2D eigenvalue weighted by Crippen LogP contribution is -2.43. The second-order valence-corrected chi connectivity index (χ2v) is 6.90. The van der Waals surface area contributed by atoms with Gasteiger partial charge >= 0.3 is 0 Å². The normalized spacial score (nSPS) is 20.8. The molecule has 1 N–H and O–H groups in total. The zero-order chi connectivity index (χ0) is 18.4. The molecule has 1 fully saturated rings. The number of benzene rings is 2. The van der Waals surface area contributed by atoms with Crippen molar-refractivity contribution >= 4 is 5.91 Å². The summed E-state index contributed by atoms with van der Waals surface area (Å²) in [4.78, 5) is 12.4. The Hall–Kier alpha value is -2.49. The molecule has 1 aliphatic carbocycles. The third-order valence-electron chi connectivity index (χ3n) is 5.09. The Balaban J connectivity index is 1.46. The summed E-state index contributed by atoms with van der Waals surface area (Å²) in [5.74, 6) is 1.99. The first-order valence-corrected chi connectivity index (χ1v) is 9.31. The van der Waals surface area contributed by atoms with E-state index in [1.807, 2.05) is 24.3 Å². The molecule has 4 heteroatoms. The van der Waals surface area contributed by atoms with Gasteiger partial charge in [-0.05, 0) is 68.4 Å². The van der Waals surface area contributed by atoms with Crippen molar-refractivity contribution in [2.75, 3.05) is 7.11 Å². The number of ether oxygens (including phenoxy) is 2. The Bertz CT molecular complexity index is 691. The zero-order valence-corrected chi connectivity index (χ0v) is 15.5. The minimum Gasteiger partial charge on any atom is -0.497 e. The molecule has 1 amide bonds. The average Bonchev–Trinajstić information content (AvgIpc) is 2.70. The predicted molar refractivity (Wildman–Crippen MR) is 103 cm³/mol. The highest BCUT2D eigenvalue weighted by molar-refractivity contribution is 5.81. The van der Waals surface area contributed by atoms with Crippen molar-refractivity contribution in [3.05, 3.63) is 60.2 Å². The van der Waals surface area contributed by atoms with Crippen LogP contribution in [0.15, 0.2) is 54.6 Å². The molecule has 138 valence electrons. The number of hydrogen-bond donors (Lipinski definition) is 1. The van der Waals surface area contributed by atoms with Gasteiger partial charge in [0, 0.05) is 6.04 Å². The average molecular weight is 353 g/mol. The summed E-state index contributed by atoms with van der Waals surface area (Å²) < 4.78 is 10.9. The van der Waals surface area contributed by atoms with Crippen LogP contribution in [0.3, 0.4) is 0 Å². The van der Waals surface area contributed by atoms with Crippen molar-refractivity contribution in [3.8, 4) is 11.5 Å². The largest absolute Gasteiger partial charge is 0.497 e. The number of hydrogen-bond acceptors (Lipinski definition) is 3. The van der Waals surface area contributed by atoms with Gasteiger partial charge in [0.05, 0.1) is 7.11 Å². The Morgan fingerprint density at radius 2 is 1.58 bits per heavy atom. The maximum atomic E-state index is 12.4. The van der Waals surface area contributed by atoms with Crippen LogP contribution in [-0.4, -0.2) is 25.2 Å². The highest BCUT2D eigenvalue weighted by Crippen LogP contribution is 2.32. The van der Waals surface area contributed by atoms with Crippen LogP contribution in [0.1, 0.15) is 44.1 Å². The lowest BCUT2D eigenvalue weighted by molar-refractivity contribution is -0.128. The Morgan fingerprint density at radius 1 is 0.962 bits per heavy atom. The molecule has 4 nitrogen and oxygen atoms in total. The van der Waals surface area contributed by atoms with Gasteiger partial charge in [-0.1, -0.05) is 30.3 Å². The molecule has 0 aromatic heterocycles. The highest BCUT2D eigenvalue weighted by Gasteiger charge is 2.25. The fourth-order valence-corrected chi connectivity index (χ4v) is 3.53. The topological polar surface area (TPSA) is 47.6 Å². The van der Waals surface area contributed by atoms with Crippen LogP contribution in [0, 0.1) is 0 Å². The second-order valence-electron chi connectivity index (χ2n) is 6.90. The quantitative estimate of drug-likeness (QED) is 0.842. The summed E-state index contributed by atoms with van der Waals surface area (Å²) in [7, 11) is 1.62. The maximum Gasteiger partial charge on any atom is 0.260 e. The summed E-state index contributed by atoms with van der Waals surface area (Å²) in [6.45, 7) is 1.79. The molecular formula is C22H27NO3. The maximum absolute atomic E-state index is 12.4. The molecule has 3 rings (SSSR count). The van der Waals surface area contributed by atoms with E-state index in [4.69, 9.17) is 9.47 Å². The lowest BCUT2D eigenvalue weighted by Gasteiger charge is -2.30. The van der Waals surface area contributed by atoms with Crippen LogP contribution in [0.25, 0.3) is 0 Å². The van der Waals surface area contributed by atoms with E-state index in [2.05, 4.69) is 35.6 Å². The molecule has 1 atom stereocenters. The van der Waals surface area contributed by atoms with Gasteiger partial charge in [0.15, 0.2) is 6.10 Å². The molecule has 1 aliphatic rings. The summed E-state index contributed by atoms with van der Waals surface area (Å²) in [5.41, 5.74) is 1.41. The zero-order valence-electron chi connectivity index (χ0n) is 15.5. The van der Waals surface area contributed by atoms with E-state index >= 15 is 0 Å². The van der Waals surface area contributed by atoms with Crippen molar-refractivity contribution in [2.24, 2.45) is 0 Å². The van der Waals surface area contributed by atoms with Crippen LogP contribution in [-0.2, 0) is 4.79 Å². The van der Waals surface area contributed by atoms with Gasteiger partial charge in [0.2, 0.25) is 0 Å². The van der Waals surface area contributed by atoms with Crippen molar-refractivity contribution in [1.82, 2.24) is 5.32 Å². The van der Waals surface area contributed by atoms with E-state index in [1.165, 1.54) is 5.56 Å². The summed E-state index contributed by atoms with van der Waals surface area (Å²) in [5, 5.41) is 3.14. The fraction of sp³-hybridized carbons (Fsp3) is 0.409. The lowest BCUT2D eigenvalue weighted by atomic mass is 9.82. The minimum atomic E-state index is -0.518. The Morgan fingerprint density at radius 3 is 2.19 bits per heavy atom. The molecule has 0 radical (unpaired) electrons. The van der Waals surface area contributed by atoms with Gasteiger partial charge < -0.3 is 14.8 Å². The van der Waals surface area contributed by atoms with E-state index in [9.17, 15) is 4.79 Å². The molecule has 2 aromatic carbocycles. The van der Waals surface area contributed by atoms with Gasteiger partial charge in [-0.25, -0.2) is 0 Å². The summed E-state index contributed by atoms with van der Waals surface area (Å²) in [6, 6.07) is 18.2. The van der Waals surface area contributed by atoms with Crippen LogP contribution < -0.4 is 14.8 Å². The van der Waals surface area contributed by atoms with E-state index < -0.39 is 6.10 Å². The fourth-order valence-electron chi connectivity index (χ4n) is 3.53. The summed E-state index contributed by atoms with van der Waals surface area (Å²) in [6.07, 6.45) is 3.74. The van der Waals surface area contributed by atoms with Gasteiger partial charge in [0.25, 0.3) is 5.91 Å². The van der Waals surface area contributed by atoms with Crippen LogP contribution >= 0.6 is 0 Å². The van der Waals surface area contributed by atoms with E-state index in [0.29, 0.717) is 11.7 Å². The first-order valence-electron chi connectivity index (χ1n) is 9.31. The van der Waals surface area contributed by atoms with Crippen molar-refractivity contribution in [1.29, 1.82) is 0 Å². The van der Waals surface area contributed by atoms with Crippen molar-refractivity contribution < 1.29 is 14.3 Å². The van der Waals surface area contributed by atoms with E-state index in [1.54, 1.807) is 14.0 Å². The first kappa shape index (κ1) is 18.3. The van der Waals surface area contributed by atoms with E-state index in [-0.39, 0.29) is 11.9 Å². The molecule has 0 aliphatic heterocycles. The van der Waals surface area contributed by atoms with Crippen molar-refractivity contribution in [2.45, 2.75) is 50.7 Å². The summed E-state index contributed by atoms with van der Waals surface area (Å²) >= 11 is 0. The van der Waals surface area contributed by atoms with Crippen LogP contribution in [0.5, 0.6) is 11.5 Å². The highest BCUT2D eigenvalue weighted by atomic mass is 16.5. The second kappa shape index (κ2) is 8.75. The monoisotopic (exact) mass is 353 g/mol. The van der Waals surface area contributed by atoms with Crippen LogP contribution in [0.2, 0.25) is 0 Å². The standard InChI is InChI=1S/C22H27NO3/c1-16(26-21-14-12-20(25-2)13-15-21)22(24)23-19-10-8-18(9-11-19)17-6-4-3-5-7-17/h3-7,12-16,18-19H,8-11H2,1-2H3,(H,23,24). The molecule has 1 unspecified atom stereocenters. The van der Waals surface area contributed by atoms with E-state index in [0.717, 1.165) is 31.4 Å². The minimum absolute atomic E-state index is 0.0519. The van der Waals surface area contributed by atoms with Gasteiger partial charge in [-0.15, -0.1) is 0 Å². The third kappa shape index (κ3) is 4.78. The number of rotatable bonds is 6.